The summed E-state index contributed by atoms with van der Waals surface area (Å²) in [6.45, 7) is 5.11. The molecule has 0 saturated carbocycles. The third-order valence-corrected chi connectivity index (χ3v) is 9.81. The lowest BCUT2D eigenvalue weighted by atomic mass is 9.82. The van der Waals surface area contributed by atoms with E-state index < -0.39 is 35.0 Å². The van der Waals surface area contributed by atoms with E-state index in [9.17, 15) is 35.9 Å². The van der Waals surface area contributed by atoms with Crippen molar-refractivity contribution in [3.8, 4) is 0 Å². The molecule has 0 fully saturated rings. The van der Waals surface area contributed by atoms with Crippen molar-refractivity contribution in [2.75, 3.05) is 23.7 Å². The number of anilines is 2. The first kappa shape index (κ1) is 35.4. The van der Waals surface area contributed by atoms with Crippen molar-refractivity contribution in [3.05, 3.63) is 106 Å². The van der Waals surface area contributed by atoms with Crippen LogP contribution in [0.2, 0.25) is 0 Å². The average molecular weight is 703 g/mol. The van der Waals surface area contributed by atoms with Gasteiger partial charge >= 0.3 is 12.4 Å². The van der Waals surface area contributed by atoms with Gasteiger partial charge in [-0.25, -0.2) is 0 Å². The fraction of sp³-hybridized carbons (Fsp3) is 0.278. The molecule has 0 amide bonds. The van der Waals surface area contributed by atoms with Gasteiger partial charge < -0.3 is 10.6 Å². The molecule has 0 spiro atoms. The number of halogens is 6. The number of ketones is 2. The molecule has 1 aliphatic rings. The molecule has 12 heteroatoms. The van der Waals surface area contributed by atoms with Gasteiger partial charge in [0.1, 0.15) is 0 Å². The maximum atomic E-state index is 14.6. The number of unbranched alkanes of at least 4 members (excludes halogenated alkanes) is 2. The third kappa shape index (κ3) is 7.70. The zero-order valence-corrected chi connectivity index (χ0v) is 27.7. The van der Waals surface area contributed by atoms with Crippen LogP contribution < -0.4 is 10.6 Å². The van der Waals surface area contributed by atoms with E-state index >= 15 is 0 Å². The second-order valence-corrected chi connectivity index (χ2v) is 13.4. The van der Waals surface area contributed by atoms with E-state index in [1.54, 1.807) is 12.1 Å². The summed E-state index contributed by atoms with van der Waals surface area (Å²) in [7, 11) is 0. The zero-order chi connectivity index (χ0) is 34.6. The SMILES string of the molecule is CCCCNc1ccc(NCCCC)c2c1C(=O)c1c(Sc3cccc(C(F)(F)F)c3)ccc(Sc3cccc(C(F)(F)F)c3)c1C2=O. The van der Waals surface area contributed by atoms with Gasteiger partial charge in [-0.3, -0.25) is 9.59 Å². The molecule has 0 bridgehead atoms. The summed E-state index contributed by atoms with van der Waals surface area (Å²) in [4.78, 5) is 30.2. The van der Waals surface area contributed by atoms with E-state index in [2.05, 4.69) is 10.6 Å². The summed E-state index contributed by atoms with van der Waals surface area (Å²) in [6.07, 6.45) is -5.80. The number of carbonyl (C=O) groups excluding carboxylic acids is 2. The van der Waals surface area contributed by atoms with Crippen molar-refractivity contribution in [2.45, 2.75) is 71.5 Å². The fourth-order valence-electron chi connectivity index (χ4n) is 5.33. The molecule has 4 aromatic rings. The third-order valence-electron chi connectivity index (χ3n) is 7.71. The first-order valence-electron chi connectivity index (χ1n) is 15.4. The Bertz CT molecular complexity index is 1710. The number of carbonyl (C=O) groups is 2. The van der Waals surface area contributed by atoms with Gasteiger partial charge in [-0.2, -0.15) is 26.3 Å². The summed E-state index contributed by atoms with van der Waals surface area (Å²) in [5.74, 6) is -1.00. The Morgan fingerprint density at radius 3 is 1.31 bits per heavy atom. The second kappa shape index (κ2) is 14.7. The van der Waals surface area contributed by atoms with E-state index in [1.807, 2.05) is 13.8 Å². The van der Waals surface area contributed by atoms with Crippen molar-refractivity contribution in [3.63, 3.8) is 0 Å². The quantitative estimate of drug-likeness (QED) is 0.0997. The van der Waals surface area contributed by atoms with Gasteiger partial charge in [0.15, 0.2) is 11.6 Å². The average Bonchev–Trinajstić information content (AvgIpc) is 3.04. The minimum Gasteiger partial charge on any atom is -0.384 e. The first-order valence-corrected chi connectivity index (χ1v) is 17.1. The number of benzene rings is 4. The summed E-state index contributed by atoms with van der Waals surface area (Å²) >= 11 is 1.83. The molecule has 0 heterocycles. The van der Waals surface area contributed by atoms with Crippen molar-refractivity contribution in [1.29, 1.82) is 0 Å². The van der Waals surface area contributed by atoms with Gasteiger partial charge in [0.25, 0.3) is 0 Å². The molecule has 0 unspecified atom stereocenters. The van der Waals surface area contributed by atoms with Crippen LogP contribution in [0.15, 0.2) is 92.4 Å². The molecule has 4 aromatic carbocycles. The lowest BCUT2D eigenvalue weighted by molar-refractivity contribution is -0.138. The van der Waals surface area contributed by atoms with Crippen LogP contribution in [-0.2, 0) is 12.4 Å². The molecular formula is C36H32F6N2O2S2. The van der Waals surface area contributed by atoms with Crippen LogP contribution in [0.5, 0.6) is 0 Å². The molecule has 0 radical (unpaired) electrons. The highest BCUT2D eigenvalue weighted by Crippen LogP contribution is 2.46. The predicted molar refractivity (Wildman–Crippen MR) is 178 cm³/mol. The van der Waals surface area contributed by atoms with E-state index in [4.69, 9.17) is 0 Å². The molecule has 0 aromatic heterocycles. The summed E-state index contributed by atoms with van der Waals surface area (Å²) in [5, 5.41) is 6.55. The molecule has 48 heavy (non-hydrogen) atoms. The predicted octanol–water partition coefficient (Wildman–Crippen LogP) is 11.2. The zero-order valence-electron chi connectivity index (χ0n) is 26.1. The van der Waals surface area contributed by atoms with Gasteiger partial charge in [0.2, 0.25) is 0 Å². The lowest BCUT2D eigenvalue weighted by Crippen LogP contribution is -2.26. The van der Waals surface area contributed by atoms with Gasteiger partial charge in [-0.05, 0) is 73.5 Å². The van der Waals surface area contributed by atoms with Gasteiger partial charge in [0, 0.05) is 55.2 Å². The Hall–Kier alpha value is -3.90. The molecule has 1 aliphatic carbocycles. The number of hydrogen-bond acceptors (Lipinski definition) is 6. The molecule has 0 atom stereocenters. The Morgan fingerprint density at radius 1 is 0.562 bits per heavy atom. The minimum atomic E-state index is -4.59. The lowest BCUT2D eigenvalue weighted by Gasteiger charge is -2.27. The van der Waals surface area contributed by atoms with E-state index in [-0.39, 0.29) is 41.8 Å². The highest BCUT2D eigenvalue weighted by atomic mass is 32.2. The molecule has 0 saturated heterocycles. The highest BCUT2D eigenvalue weighted by Gasteiger charge is 2.38. The maximum Gasteiger partial charge on any atom is 0.416 e. The van der Waals surface area contributed by atoms with Gasteiger partial charge in [0.05, 0.1) is 22.3 Å². The Kier molecular flexibility index (Phi) is 10.8. The van der Waals surface area contributed by atoms with Gasteiger partial charge in [-0.1, -0.05) is 62.3 Å². The van der Waals surface area contributed by atoms with E-state index in [0.717, 1.165) is 73.5 Å². The highest BCUT2D eigenvalue weighted by molar-refractivity contribution is 8.00. The number of alkyl halides is 6. The van der Waals surface area contributed by atoms with Crippen LogP contribution in [0.3, 0.4) is 0 Å². The molecule has 5 rings (SSSR count). The molecule has 0 aliphatic heterocycles. The summed E-state index contributed by atoms with van der Waals surface area (Å²) < 4.78 is 81.3. The first-order chi connectivity index (χ1) is 22.8. The Balaban J connectivity index is 1.70. The van der Waals surface area contributed by atoms with Crippen LogP contribution in [0.4, 0.5) is 37.7 Å². The Labute approximate surface area is 283 Å². The van der Waals surface area contributed by atoms with Crippen molar-refractivity contribution in [2.24, 2.45) is 0 Å². The normalized spacial score (nSPS) is 12.9. The van der Waals surface area contributed by atoms with Gasteiger partial charge in [-0.15, -0.1) is 0 Å². The largest absolute Gasteiger partial charge is 0.416 e. The summed E-state index contributed by atoms with van der Waals surface area (Å²) in [6, 6.07) is 15.9. The second-order valence-electron chi connectivity index (χ2n) is 11.2. The fourth-order valence-corrected chi connectivity index (χ4v) is 7.37. The van der Waals surface area contributed by atoms with E-state index in [0.29, 0.717) is 24.5 Å². The van der Waals surface area contributed by atoms with Crippen LogP contribution in [-0.4, -0.2) is 24.7 Å². The number of rotatable bonds is 12. The molecular weight excluding hydrogens is 671 g/mol. The van der Waals surface area contributed by atoms with Crippen LogP contribution in [0.1, 0.15) is 82.5 Å². The van der Waals surface area contributed by atoms with Crippen LogP contribution in [0.25, 0.3) is 0 Å². The molecule has 2 N–H and O–H groups in total. The maximum absolute atomic E-state index is 14.6. The van der Waals surface area contributed by atoms with E-state index in [1.165, 1.54) is 36.4 Å². The van der Waals surface area contributed by atoms with Crippen LogP contribution in [0, 0.1) is 0 Å². The smallest absolute Gasteiger partial charge is 0.384 e. The van der Waals surface area contributed by atoms with Crippen LogP contribution >= 0.6 is 23.5 Å². The topological polar surface area (TPSA) is 58.2 Å². The molecule has 252 valence electrons. The number of hydrogen-bond donors (Lipinski definition) is 2. The standard InChI is InChI=1S/C36H32F6N2O2S2/c1-3-5-17-43-25-13-14-26(44-18-6-4-2)30-29(25)33(45)31-27(47-23-11-7-9-21(19-23)35(37,38)39)15-16-28(32(31)34(30)46)48-24-12-8-10-22(20-24)36(40,41)42/h7-16,19-20,43-44H,3-6,17-18H2,1-2H3. The van der Waals surface area contributed by atoms with Crippen molar-refractivity contribution >= 4 is 46.5 Å². The van der Waals surface area contributed by atoms with Crippen molar-refractivity contribution in [1.82, 2.24) is 0 Å². The Morgan fingerprint density at radius 2 is 0.958 bits per heavy atom. The summed E-state index contributed by atoms with van der Waals surface area (Å²) in [5.41, 5.74) is -0.530. The number of nitrogens with one attached hydrogen (secondary N) is 2. The minimum absolute atomic E-state index is 0.00358. The monoisotopic (exact) mass is 702 g/mol. The molecule has 4 nitrogen and oxygen atoms in total. The number of fused-ring (bicyclic) bond motifs is 2. The van der Waals surface area contributed by atoms with Crippen molar-refractivity contribution < 1.29 is 35.9 Å².